The van der Waals surface area contributed by atoms with Crippen molar-refractivity contribution < 1.29 is 10.0 Å². The average molecular weight is 317 g/mol. The molecule has 0 saturated carbocycles. The molecule has 2 rings (SSSR count). The Bertz CT molecular complexity index is 708. The maximum atomic E-state index is 11.1. The van der Waals surface area contributed by atoms with E-state index in [0.717, 1.165) is 4.88 Å². The first-order valence-electron chi connectivity index (χ1n) is 6.66. The first-order chi connectivity index (χ1) is 10.6. The number of benzene rings is 1. The second-order valence-corrected chi connectivity index (χ2v) is 5.74. The average Bonchev–Trinajstić information content (AvgIpc) is 3.02. The van der Waals surface area contributed by atoms with Gasteiger partial charge in [0.1, 0.15) is 0 Å². The van der Waals surface area contributed by atoms with E-state index in [1.54, 1.807) is 24.3 Å². The SMILES string of the molecule is Cc1c(N[C@@H](CCO)c2cccs2)cc(C#N)cc1[N+](=O)[O-]. The highest BCUT2D eigenvalue weighted by molar-refractivity contribution is 7.10. The van der Waals surface area contributed by atoms with Crippen molar-refractivity contribution in [3.8, 4) is 6.07 Å². The van der Waals surface area contributed by atoms with Gasteiger partial charge in [-0.15, -0.1) is 11.3 Å². The van der Waals surface area contributed by atoms with E-state index in [0.29, 0.717) is 17.7 Å². The number of nitriles is 1. The quantitative estimate of drug-likeness (QED) is 0.628. The van der Waals surface area contributed by atoms with Crippen LogP contribution in [0.2, 0.25) is 0 Å². The molecule has 1 aromatic carbocycles. The number of rotatable bonds is 6. The van der Waals surface area contributed by atoms with Gasteiger partial charge in [-0.05, 0) is 30.9 Å². The summed E-state index contributed by atoms with van der Waals surface area (Å²) >= 11 is 1.54. The van der Waals surface area contributed by atoms with Crippen LogP contribution in [0.5, 0.6) is 0 Å². The smallest absolute Gasteiger partial charge is 0.275 e. The Hall–Kier alpha value is -2.43. The number of hydrogen-bond donors (Lipinski definition) is 2. The third-order valence-electron chi connectivity index (χ3n) is 3.34. The predicted octanol–water partition coefficient (Wildman–Crippen LogP) is 3.37. The van der Waals surface area contributed by atoms with Gasteiger partial charge in [-0.2, -0.15) is 5.26 Å². The normalized spacial score (nSPS) is 11.7. The highest BCUT2D eigenvalue weighted by atomic mass is 32.1. The predicted molar refractivity (Wildman–Crippen MR) is 84.9 cm³/mol. The van der Waals surface area contributed by atoms with E-state index in [1.165, 1.54) is 6.07 Å². The maximum Gasteiger partial charge on any atom is 0.275 e. The van der Waals surface area contributed by atoms with Gasteiger partial charge in [-0.1, -0.05) is 6.07 Å². The molecule has 0 fully saturated rings. The summed E-state index contributed by atoms with van der Waals surface area (Å²) in [7, 11) is 0. The first-order valence-corrected chi connectivity index (χ1v) is 7.54. The van der Waals surface area contributed by atoms with Crippen molar-refractivity contribution in [1.82, 2.24) is 0 Å². The Balaban J connectivity index is 2.40. The van der Waals surface area contributed by atoms with Crippen LogP contribution in [0.15, 0.2) is 29.6 Å². The highest BCUT2D eigenvalue weighted by Gasteiger charge is 2.19. The zero-order valence-electron chi connectivity index (χ0n) is 11.9. The monoisotopic (exact) mass is 317 g/mol. The van der Waals surface area contributed by atoms with Crippen molar-refractivity contribution >= 4 is 22.7 Å². The first kappa shape index (κ1) is 15.9. The molecule has 0 bridgehead atoms. The van der Waals surface area contributed by atoms with E-state index in [1.807, 2.05) is 23.6 Å². The van der Waals surface area contributed by atoms with Crippen molar-refractivity contribution in [3.63, 3.8) is 0 Å². The molecule has 2 N–H and O–H groups in total. The van der Waals surface area contributed by atoms with Crippen LogP contribution >= 0.6 is 11.3 Å². The number of nitro groups is 1. The van der Waals surface area contributed by atoms with Crippen molar-refractivity contribution in [1.29, 1.82) is 5.26 Å². The fourth-order valence-corrected chi connectivity index (χ4v) is 3.01. The van der Waals surface area contributed by atoms with E-state index in [9.17, 15) is 15.2 Å². The third kappa shape index (κ3) is 3.42. The molecule has 114 valence electrons. The zero-order chi connectivity index (χ0) is 16.1. The maximum absolute atomic E-state index is 11.1. The van der Waals surface area contributed by atoms with Crippen LogP contribution in [0.3, 0.4) is 0 Å². The van der Waals surface area contributed by atoms with Gasteiger partial charge in [0.15, 0.2) is 0 Å². The summed E-state index contributed by atoms with van der Waals surface area (Å²) in [5.41, 5.74) is 1.16. The molecule has 0 radical (unpaired) electrons. The van der Waals surface area contributed by atoms with Gasteiger partial charge >= 0.3 is 0 Å². The third-order valence-corrected chi connectivity index (χ3v) is 4.33. The molecule has 0 aliphatic carbocycles. The van der Waals surface area contributed by atoms with E-state index in [-0.39, 0.29) is 23.9 Å². The van der Waals surface area contributed by atoms with Crippen molar-refractivity contribution in [2.45, 2.75) is 19.4 Å². The largest absolute Gasteiger partial charge is 0.396 e. The summed E-state index contributed by atoms with van der Waals surface area (Å²) in [6.07, 6.45) is 0.477. The van der Waals surface area contributed by atoms with Gasteiger partial charge in [0.25, 0.3) is 5.69 Å². The Morgan fingerprint density at radius 2 is 2.32 bits per heavy atom. The summed E-state index contributed by atoms with van der Waals surface area (Å²) < 4.78 is 0. The second-order valence-electron chi connectivity index (χ2n) is 4.76. The van der Waals surface area contributed by atoms with Crippen LogP contribution in [-0.2, 0) is 0 Å². The lowest BCUT2D eigenvalue weighted by Crippen LogP contribution is -2.12. The Kier molecular flexibility index (Phi) is 5.09. The van der Waals surface area contributed by atoms with Gasteiger partial charge in [0.2, 0.25) is 0 Å². The lowest BCUT2D eigenvalue weighted by Gasteiger charge is -2.19. The molecular weight excluding hydrogens is 302 g/mol. The summed E-state index contributed by atoms with van der Waals surface area (Å²) in [6, 6.07) is 8.50. The molecule has 7 heteroatoms. The van der Waals surface area contributed by atoms with Crippen LogP contribution in [0.4, 0.5) is 11.4 Å². The second kappa shape index (κ2) is 7.02. The number of hydrogen-bond acceptors (Lipinski definition) is 6. The highest BCUT2D eigenvalue weighted by Crippen LogP contribution is 2.32. The lowest BCUT2D eigenvalue weighted by atomic mass is 10.1. The summed E-state index contributed by atoms with van der Waals surface area (Å²) in [5, 5.41) is 34.5. The number of anilines is 1. The fraction of sp³-hybridized carbons (Fsp3) is 0.267. The summed E-state index contributed by atoms with van der Waals surface area (Å²) in [6.45, 7) is 1.64. The molecule has 0 amide bonds. The van der Waals surface area contributed by atoms with Crippen molar-refractivity contribution in [2.75, 3.05) is 11.9 Å². The molecule has 22 heavy (non-hydrogen) atoms. The van der Waals surface area contributed by atoms with E-state index in [2.05, 4.69) is 5.32 Å². The number of aliphatic hydroxyl groups excluding tert-OH is 1. The minimum Gasteiger partial charge on any atom is -0.396 e. The number of aliphatic hydroxyl groups is 1. The topological polar surface area (TPSA) is 99.2 Å². The molecular formula is C15H15N3O3S. The molecule has 0 unspecified atom stereocenters. The number of nitrogens with one attached hydrogen (secondary N) is 1. The standard InChI is InChI=1S/C15H15N3O3S/c1-10-13(7-11(9-16)8-14(10)18(20)21)17-12(4-5-19)15-3-2-6-22-15/h2-3,6-8,12,17,19H,4-5H2,1H3/t12-/m0/s1. The van der Waals surface area contributed by atoms with E-state index >= 15 is 0 Å². The lowest BCUT2D eigenvalue weighted by molar-refractivity contribution is -0.385. The van der Waals surface area contributed by atoms with E-state index in [4.69, 9.17) is 5.26 Å². The molecule has 0 aliphatic heterocycles. The molecule has 1 atom stereocenters. The molecule has 2 aromatic rings. The molecule has 6 nitrogen and oxygen atoms in total. The minimum atomic E-state index is -0.493. The van der Waals surface area contributed by atoms with Crippen LogP contribution in [-0.4, -0.2) is 16.6 Å². The summed E-state index contributed by atoms with van der Waals surface area (Å²) in [5.74, 6) is 0. The van der Waals surface area contributed by atoms with Gasteiger partial charge in [0.05, 0.1) is 22.6 Å². The van der Waals surface area contributed by atoms with Crippen molar-refractivity contribution in [2.24, 2.45) is 0 Å². The van der Waals surface area contributed by atoms with Gasteiger partial charge < -0.3 is 10.4 Å². The van der Waals surface area contributed by atoms with Crippen LogP contribution in [0.1, 0.15) is 28.5 Å². The molecule has 0 saturated heterocycles. The zero-order valence-corrected chi connectivity index (χ0v) is 12.8. The van der Waals surface area contributed by atoms with E-state index < -0.39 is 4.92 Å². The molecule has 0 aliphatic rings. The number of nitro benzene ring substituents is 1. The molecule has 1 aromatic heterocycles. The molecule has 1 heterocycles. The Morgan fingerprint density at radius 1 is 1.55 bits per heavy atom. The van der Waals surface area contributed by atoms with Gasteiger partial charge in [0, 0.05) is 28.8 Å². The van der Waals surface area contributed by atoms with Crippen LogP contribution < -0.4 is 5.32 Å². The Morgan fingerprint density at radius 3 is 2.86 bits per heavy atom. The van der Waals surface area contributed by atoms with Gasteiger partial charge in [-0.25, -0.2) is 0 Å². The Labute approximate surface area is 131 Å². The van der Waals surface area contributed by atoms with Gasteiger partial charge in [-0.3, -0.25) is 10.1 Å². The number of thiophene rings is 1. The van der Waals surface area contributed by atoms with Crippen LogP contribution in [0, 0.1) is 28.4 Å². The number of nitrogens with zero attached hydrogens (tertiary/aromatic N) is 2. The summed E-state index contributed by atoms with van der Waals surface area (Å²) in [4.78, 5) is 11.6. The van der Waals surface area contributed by atoms with Crippen molar-refractivity contribution in [3.05, 3.63) is 55.8 Å². The fourth-order valence-electron chi connectivity index (χ4n) is 2.19. The molecule has 0 spiro atoms. The van der Waals surface area contributed by atoms with Crippen LogP contribution in [0.25, 0.3) is 0 Å². The minimum absolute atomic E-state index is 0.00531.